The van der Waals surface area contributed by atoms with E-state index in [0.717, 1.165) is 0 Å². The minimum Gasteiger partial charge on any atom is -0.218 e. The normalized spacial score (nSPS) is 15.5. The Labute approximate surface area is 153 Å². The summed E-state index contributed by atoms with van der Waals surface area (Å²) in [5.74, 6) is 0. The molecule has 0 atom stereocenters. The Bertz CT molecular complexity index is 685. The quantitative estimate of drug-likeness (QED) is 0.389. The molecule has 1 rings (SSSR count). The summed E-state index contributed by atoms with van der Waals surface area (Å²) in [4.78, 5) is 0. The van der Waals surface area contributed by atoms with Crippen LogP contribution in [0.4, 0.5) is 74.6 Å². The first-order valence-electron chi connectivity index (χ1n) is 6.69. The van der Waals surface area contributed by atoms with E-state index in [2.05, 4.69) is 0 Å². The van der Waals surface area contributed by atoms with Gasteiger partial charge in [0.1, 0.15) is 0 Å². The first-order chi connectivity index (χ1) is 12.8. The molecule has 0 aromatic heterocycles. The van der Waals surface area contributed by atoms with Gasteiger partial charge in [-0.1, -0.05) is 0 Å². The molecule has 174 valence electrons. The first kappa shape index (κ1) is 26.1. The Balaban J connectivity index is 4.19. The summed E-state index contributed by atoms with van der Waals surface area (Å²) in [7, 11) is 0. The van der Waals surface area contributed by atoms with Crippen LogP contribution in [0, 0.1) is 0 Å². The molecule has 0 spiro atoms. The van der Waals surface area contributed by atoms with E-state index < -0.39 is 77.1 Å². The van der Waals surface area contributed by atoms with Gasteiger partial charge in [-0.2, -0.15) is 65.9 Å². The fourth-order valence-electron chi connectivity index (χ4n) is 2.17. The van der Waals surface area contributed by atoms with Crippen molar-refractivity contribution in [2.45, 2.75) is 42.2 Å². The lowest BCUT2D eigenvalue weighted by Crippen LogP contribution is -2.52. The maximum absolute atomic E-state index is 14.0. The van der Waals surface area contributed by atoms with E-state index in [1.807, 2.05) is 0 Å². The minimum absolute atomic E-state index is 1.32. The molecule has 0 radical (unpaired) electrons. The number of halogens is 17. The maximum atomic E-state index is 14.0. The van der Waals surface area contributed by atoms with Gasteiger partial charge in [-0.15, -0.1) is 0 Å². The predicted molar refractivity (Wildman–Crippen MR) is 61.2 cm³/mol. The highest BCUT2D eigenvalue weighted by molar-refractivity contribution is 5.41. The molecular weight excluding hydrogens is 479 g/mol. The zero-order valence-electron chi connectivity index (χ0n) is 13.2. The van der Waals surface area contributed by atoms with E-state index in [4.69, 9.17) is 0 Å². The molecule has 0 nitrogen and oxygen atoms in total. The van der Waals surface area contributed by atoms with Crippen LogP contribution in [0.2, 0.25) is 0 Å². The predicted octanol–water partition coefficient (Wildman–Crippen LogP) is 7.28. The monoisotopic (exact) mass is 482 g/mol. The lowest BCUT2D eigenvalue weighted by atomic mass is 9.85. The van der Waals surface area contributed by atoms with Crippen molar-refractivity contribution in [3.05, 3.63) is 34.9 Å². The molecule has 0 N–H and O–H groups in total. The Morgan fingerprint density at radius 2 is 0.533 bits per heavy atom. The van der Waals surface area contributed by atoms with Crippen molar-refractivity contribution in [3.8, 4) is 0 Å². The molecule has 0 bridgehead atoms. The van der Waals surface area contributed by atoms with Gasteiger partial charge in [0.05, 0.1) is 5.56 Å². The molecule has 0 saturated heterocycles. The van der Waals surface area contributed by atoms with Crippen molar-refractivity contribution >= 4 is 0 Å². The molecule has 1 aromatic rings. The van der Waals surface area contributed by atoms with Gasteiger partial charge < -0.3 is 0 Å². The Kier molecular flexibility index (Phi) is 5.88. The van der Waals surface area contributed by atoms with Gasteiger partial charge in [0.2, 0.25) is 0 Å². The largest absolute Gasteiger partial charge is 0.435 e. The van der Waals surface area contributed by atoms with Crippen molar-refractivity contribution in [3.63, 3.8) is 0 Å². The van der Waals surface area contributed by atoms with Crippen LogP contribution in [-0.4, -0.2) is 24.7 Å². The number of benzene rings is 1. The second kappa shape index (κ2) is 6.77. The van der Waals surface area contributed by atoms with Crippen LogP contribution in [0.5, 0.6) is 0 Å². The Hall–Kier alpha value is -1.97. The third kappa shape index (κ3) is 3.98. The zero-order valence-corrected chi connectivity index (χ0v) is 13.2. The zero-order chi connectivity index (χ0) is 24.4. The summed E-state index contributed by atoms with van der Waals surface area (Å²) in [6.07, 6.45) is -35.0. The lowest BCUT2D eigenvalue weighted by molar-refractivity contribution is -0.350. The van der Waals surface area contributed by atoms with E-state index in [-0.39, 0.29) is 0 Å². The van der Waals surface area contributed by atoms with Gasteiger partial charge >= 0.3 is 42.2 Å². The van der Waals surface area contributed by atoms with Crippen LogP contribution < -0.4 is 0 Å². The number of alkyl halides is 17. The Morgan fingerprint density at radius 1 is 0.333 bits per heavy atom. The summed E-state index contributed by atoms with van der Waals surface area (Å²) in [6, 6.07) is -4.20. The second-order valence-electron chi connectivity index (χ2n) is 5.60. The summed E-state index contributed by atoms with van der Waals surface area (Å²) < 4.78 is 219. The third-order valence-corrected chi connectivity index (χ3v) is 3.62. The molecule has 1 aromatic carbocycles. The SMILES string of the molecule is FC(F)(F)c1cc(C(F)(C(F)(F)F)C(F)(F)F)cc(C(F)(C(F)(F)F)C(F)(F)F)c1. The molecule has 0 aliphatic heterocycles. The highest BCUT2D eigenvalue weighted by Crippen LogP contribution is 2.57. The van der Waals surface area contributed by atoms with Gasteiger partial charge in [-0.25, -0.2) is 8.78 Å². The van der Waals surface area contributed by atoms with E-state index in [1.54, 1.807) is 0 Å². The number of rotatable bonds is 2. The molecule has 30 heavy (non-hydrogen) atoms. The van der Waals surface area contributed by atoms with Crippen molar-refractivity contribution in [1.82, 2.24) is 0 Å². The maximum Gasteiger partial charge on any atom is 0.435 e. The highest BCUT2D eigenvalue weighted by atomic mass is 19.4. The van der Waals surface area contributed by atoms with E-state index >= 15 is 0 Å². The molecular formula is C13H3F17. The lowest BCUT2D eigenvalue weighted by Gasteiger charge is -2.34. The first-order valence-corrected chi connectivity index (χ1v) is 6.69. The van der Waals surface area contributed by atoms with E-state index in [0.29, 0.717) is 0 Å². The summed E-state index contributed by atoms with van der Waals surface area (Å²) >= 11 is 0. The Morgan fingerprint density at radius 3 is 0.700 bits per heavy atom. The molecule has 0 heterocycles. The topological polar surface area (TPSA) is 0 Å². The van der Waals surface area contributed by atoms with Gasteiger partial charge in [0.15, 0.2) is 0 Å². The number of hydrogen-bond donors (Lipinski definition) is 0. The van der Waals surface area contributed by atoms with Gasteiger partial charge in [-0.3, -0.25) is 0 Å². The molecule has 0 saturated carbocycles. The number of hydrogen-bond acceptors (Lipinski definition) is 0. The molecule has 0 aliphatic rings. The molecule has 0 fully saturated rings. The standard InChI is InChI=1S/C13H3F17/c14-7(10(19,20)21,11(22,23)24)4-1-5(3-6(2-4)9(16,17)18)8(15,12(25,26)27)13(28,29)30/h1-3H. The summed E-state index contributed by atoms with van der Waals surface area (Å²) in [5.41, 5.74) is -23.5. The fraction of sp³-hybridized carbons (Fsp3) is 0.538. The van der Waals surface area contributed by atoms with Crippen molar-refractivity contribution in [2.75, 3.05) is 0 Å². The van der Waals surface area contributed by atoms with Crippen molar-refractivity contribution in [2.24, 2.45) is 0 Å². The average molecular weight is 482 g/mol. The average Bonchev–Trinajstić information content (AvgIpc) is 2.47. The third-order valence-electron chi connectivity index (χ3n) is 3.62. The van der Waals surface area contributed by atoms with Crippen LogP contribution in [-0.2, 0) is 17.5 Å². The fourth-order valence-corrected chi connectivity index (χ4v) is 2.17. The van der Waals surface area contributed by atoms with Crippen LogP contribution in [0.25, 0.3) is 0 Å². The smallest absolute Gasteiger partial charge is 0.218 e. The summed E-state index contributed by atoms with van der Waals surface area (Å²) in [5, 5.41) is 0. The molecule has 0 unspecified atom stereocenters. The minimum atomic E-state index is -7.21. The van der Waals surface area contributed by atoms with Gasteiger partial charge in [-0.05, 0) is 18.2 Å². The highest BCUT2D eigenvalue weighted by Gasteiger charge is 2.76. The summed E-state index contributed by atoms with van der Waals surface area (Å²) in [6.45, 7) is 0. The van der Waals surface area contributed by atoms with Crippen LogP contribution in [0.3, 0.4) is 0 Å². The van der Waals surface area contributed by atoms with Crippen molar-refractivity contribution in [1.29, 1.82) is 0 Å². The van der Waals surface area contributed by atoms with E-state index in [9.17, 15) is 74.6 Å². The van der Waals surface area contributed by atoms with Crippen LogP contribution in [0.15, 0.2) is 18.2 Å². The molecule has 17 heteroatoms. The molecule has 0 aliphatic carbocycles. The molecule has 0 amide bonds. The van der Waals surface area contributed by atoms with Crippen LogP contribution >= 0.6 is 0 Å². The van der Waals surface area contributed by atoms with E-state index in [1.165, 1.54) is 0 Å². The second-order valence-corrected chi connectivity index (χ2v) is 5.60. The van der Waals surface area contributed by atoms with Gasteiger partial charge in [0, 0.05) is 11.1 Å². The van der Waals surface area contributed by atoms with Crippen LogP contribution in [0.1, 0.15) is 16.7 Å². The van der Waals surface area contributed by atoms with Crippen molar-refractivity contribution < 1.29 is 74.6 Å². The van der Waals surface area contributed by atoms with Gasteiger partial charge in [0.25, 0.3) is 0 Å².